The Hall–Kier alpha value is -1.23. The van der Waals surface area contributed by atoms with E-state index in [1.54, 1.807) is 18.2 Å². The van der Waals surface area contributed by atoms with Gasteiger partial charge in [0.25, 0.3) is 0 Å². The van der Waals surface area contributed by atoms with E-state index in [-0.39, 0.29) is 5.41 Å². The Labute approximate surface area is 128 Å². The average molecular weight is 296 g/mol. The van der Waals surface area contributed by atoms with E-state index in [4.69, 9.17) is 14.2 Å². The molecule has 0 atom stereocenters. The fraction of sp³-hybridized carbons (Fsp3) is 0.588. The molecule has 120 valence electrons. The van der Waals surface area contributed by atoms with Crippen LogP contribution >= 0.6 is 0 Å². The molecule has 0 unspecified atom stereocenters. The molecular weight excluding hydrogens is 268 g/mol. The van der Waals surface area contributed by atoms with Crippen molar-refractivity contribution in [1.29, 1.82) is 0 Å². The summed E-state index contributed by atoms with van der Waals surface area (Å²) < 4.78 is 16.9. The van der Waals surface area contributed by atoms with Crippen LogP contribution in [0.2, 0.25) is 0 Å². The molecule has 0 aromatic rings. The second-order valence-corrected chi connectivity index (χ2v) is 4.97. The zero-order valence-corrected chi connectivity index (χ0v) is 12.9. The highest BCUT2D eigenvalue weighted by atomic mass is 16.5. The minimum absolute atomic E-state index is 0.266. The molecule has 4 heteroatoms. The molecule has 0 aliphatic rings. The fourth-order valence-electron chi connectivity index (χ4n) is 1.98. The molecule has 21 heavy (non-hydrogen) atoms. The third kappa shape index (κ3) is 10.2. The molecule has 0 spiro atoms. The number of hydrogen-bond acceptors (Lipinski definition) is 4. The van der Waals surface area contributed by atoms with Crippen molar-refractivity contribution in [3.05, 3.63) is 38.0 Å². The van der Waals surface area contributed by atoms with Gasteiger partial charge in [0.05, 0.1) is 39.6 Å². The van der Waals surface area contributed by atoms with E-state index in [0.29, 0.717) is 46.1 Å². The maximum absolute atomic E-state index is 10.5. The molecule has 0 aliphatic heterocycles. The fourth-order valence-corrected chi connectivity index (χ4v) is 1.98. The van der Waals surface area contributed by atoms with Crippen molar-refractivity contribution in [2.75, 3.05) is 39.6 Å². The SMILES string of the molecule is C=CCOCC(CCCC=O)(COCC=C)COCC=C. The molecule has 0 rings (SSSR count). The van der Waals surface area contributed by atoms with E-state index in [1.165, 1.54) is 0 Å². The smallest absolute Gasteiger partial charge is 0.119 e. The van der Waals surface area contributed by atoms with Crippen LogP contribution in [0.4, 0.5) is 0 Å². The van der Waals surface area contributed by atoms with Gasteiger partial charge < -0.3 is 19.0 Å². The summed E-state index contributed by atoms with van der Waals surface area (Å²) in [6.07, 6.45) is 8.20. The van der Waals surface area contributed by atoms with Crippen LogP contribution in [-0.4, -0.2) is 45.9 Å². The summed E-state index contributed by atoms with van der Waals surface area (Å²) in [7, 11) is 0. The number of carbonyl (C=O) groups excluding carboxylic acids is 1. The lowest BCUT2D eigenvalue weighted by atomic mass is 9.85. The normalized spacial score (nSPS) is 11.0. The number of carbonyl (C=O) groups is 1. The molecule has 0 aliphatic carbocycles. The quantitative estimate of drug-likeness (QED) is 0.249. The Bertz CT molecular complexity index is 238. The van der Waals surface area contributed by atoms with Crippen molar-refractivity contribution in [2.45, 2.75) is 19.3 Å². The zero-order valence-electron chi connectivity index (χ0n) is 12.9. The molecule has 0 heterocycles. The van der Waals surface area contributed by atoms with Crippen LogP contribution in [0.5, 0.6) is 0 Å². The monoisotopic (exact) mass is 296 g/mol. The summed E-state index contributed by atoms with van der Waals surface area (Å²) in [5.74, 6) is 0. The molecule has 0 saturated carbocycles. The topological polar surface area (TPSA) is 44.8 Å². The van der Waals surface area contributed by atoms with Crippen molar-refractivity contribution in [3.63, 3.8) is 0 Å². The largest absolute Gasteiger partial charge is 0.377 e. The Morgan fingerprint density at radius 2 is 1.24 bits per heavy atom. The summed E-state index contributed by atoms with van der Waals surface area (Å²) in [5, 5.41) is 0. The third-order valence-corrected chi connectivity index (χ3v) is 2.96. The van der Waals surface area contributed by atoms with Crippen molar-refractivity contribution < 1.29 is 19.0 Å². The van der Waals surface area contributed by atoms with Gasteiger partial charge in [-0.05, 0) is 12.8 Å². The highest BCUT2D eigenvalue weighted by molar-refractivity contribution is 5.48. The maximum atomic E-state index is 10.5. The standard InChI is InChI=1S/C17H28O4/c1-4-11-19-14-17(9-7-8-10-18,15-20-12-5-2)16-21-13-6-3/h4-6,10H,1-3,7-9,11-16H2. The van der Waals surface area contributed by atoms with Crippen LogP contribution in [0, 0.1) is 5.41 Å². The summed E-state index contributed by atoms with van der Waals surface area (Å²) in [6.45, 7) is 13.9. The van der Waals surface area contributed by atoms with Crippen LogP contribution in [-0.2, 0) is 19.0 Å². The molecule has 0 fully saturated rings. The molecule has 0 aromatic heterocycles. The summed E-state index contributed by atoms with van der Waals surface area (Å²) in [4.78, 5) is 10.5. The molecule has 0 N–H and O–H groups in total. The van der Waals surface area contributed by atoms with Crippen molar-refractivity contribution >= 4 is 6.29 Å². The Morgan fingerprint density at radius 3 is 1.57 bits per heavy atom. The molecular formula is C17H28O4. The van der Waals surface area contributed by atoms with Gasteiger partial charge in [-0.25, -0.2) is 0 Å². The Morgan fingerprint density at radius 1 is 0.810 bits per heavy atom. The average Bonchev–Trinajstić information content (AvgIpc) is 2.48. The first kappa shape index (κ1) is 19.8. The first-order valence-electron chi connectivity index (χ1n) is 7.24. The number of hydrogen-bond donors (Lipinski definition) is 0. The van der Waals surface area contributed by atoms with Gasteiger partial charge in [-0.15, -0.1) is 19.7 Å². The highest BCUT2D eigenvalue weighted by Crippen LogP contribution is 2.27. The van der Waals surface area contributed by atoms with Crippen molar-refractivity contribution in [1.82, 2.24) is 0 Å². The van der Waals surface area contributed by atoms with E-state index in [2.05, 4.69) is 19.7 Å². The zero-order chi connectivity index (χ0) is 15.8. The van der Waals surface area contributed by atoms with E-state index < -0.39 is 0 Å². The minimum Gasteiger partial charge on any atom is -0.377 e. The molecule has 4 nitrogen and oxygen atoms in total. The van der Waals surface area contributed by atoms with Gasteiger partial charge in [0.2, 0.25) is 0 Å². The first-order chi connectivity index (χ1) is 10.2. The van der Waals surface area contributed by atoms with Crippen LogP contribution in [0.3, 0.4) is 0 Å². The number of ether oxygens (including phenoxy) is 3. The third-order valence-electron chi connectivity index (χ3n) is 2.96. The van der Waals surface area contributed by atoms with Crippen molar-refractivity contribution in [2.24, 2.45) is 5.41 Å². The van der Waals surface area contributed by atoms with Crippen LogP contribution < -0.4 is 0 Å². The highest BCUT2D eigenvalue weighted by Gasteiger charge is 2.31. The van der Waals surface area contributed by atoms with Gasteiger partial charge in [0.15, 0.2) is 0 Å². The van der Waals surface area contributed by atoms with Gasteiger partial charge in [0.1, 0.15) is 6.29 Å². The van der Waals surface area contributed by atoms with E-state index in [0.717, 1.165) is 19.1 Å². The van der Waals surface area contributed by atoms with E-state index in [1.807, 2.05) is 0 Å². The second-order valence-electron chi connectivity index (χ2n) is 4.97. The first-order valence-corrected chi connectivity index (χ1v) is 7.24. The number of rotatable bonds is 16. The van der Waals surface area contributed by atoms with Gasteiger partial charge in [0, 0.05) is 11.8 Å². The Kier molecular flexibility index (Phi) is 12.9. The molecule has 0 amide bonds. The van der Waals surface area contributed by atoms with Gasteiger partial charge in [-0.3, -0.25) is 0 Å². The molecule has 0 aromatic carbocycles. The maximum Gasteiger partial charge on any atom is 0.119 e. The van der Waals surface area contributed by atoms with E-state index >= 15 is 0 Å². The van der Waals surface area contributed by atoms with Gasteiger partial charge in [-0.2, -0.15) is 0 Å². The predicted molar refractivity (Wildman–Crippen MR) is 85.4 cm³/mol. The lowest BCUT2D eigenvalue weighted by molar-refractivity contribution is -0.108. The lowest BCUT2D eigenvalue weighted by Gasteiger charge is -2.33. The predicted octanol–water partition coefficient (Wildman–Crippen LogP) is 2.95. The summed E-state index contributed by atoms with van der Waals surface area (Å²) >= 11 is 0. The lowest BCUT2D eigenvalue weighted by Crippen LogP contribution is -2.37. The Balaban J connectivity index is 4.66. The van der Waals surface area contributed by atoms with E-state index in [9.17, 15) is 4.79 Å². The van der Waals surface area contributed by atoms with Gasteiger partial charge >= 0.3 is 0 Å². The molecule has 0 bridgehead atoms. The van der Waals surface area contributed by atoms with Gasteiger partial charge in [-0.1, -0.05) is 18.2 Å². The number of aldehydes is 1. The second kappa shape index (κ2) is 13.7. The van der Waals surface area contributed by atoms with Crippen LogP contribution in [0.25, 0.3) is 0 Å². The number of unbranched alkanes of at least 4 members (excludes halogenated alkanes) is 1. The minimum atomic E-state index is -0.266. The van der Waals surface area contributed by atoms with Crippen molar-refractivity contribution in [3.8, 4) is 0 Å². The summed E-state index contributed by atoms with van der Waals surface area (Å²) in [6, 6.07) is 0. The molecule has 0 saturated heterocycles. The molecule has 0 radical (unpaired) electrons. The summed E-state index contributed by atoms with van der Waals surface area (Å²) in [5.41, 5.74) is -0.266. The van der Waals surface area contributed by atoms with Crippen LogP contribution in [0.15, 0.2) is 38.0 Å². The van der Waals surface area contributed by atoms with Crippen LogP contribution in [0.1, 0.15) is 19.3 Å².